The highest BCUT2D eigenvalue weighted by molar-refractivity contribution is 7.09. The van der Waals surface area contributed by atoms with Gasteiger partial charge in [0.25, 0.3) is 5.91 Å². The number of hydrogen-bond donors (Lipinski definition) is 1. The lowest BCUT2D eigenvalue weighted by molar-refractivity contribution is -0.150. The SMILES string of the molecule is O=C(COC(=O)COc1ccc(OCc2ccccc2)cc1)NCc1cccs1. The number of carbonyl (C=O) groups excluding carboxylic acids is 2. The average Bonchev–Trinajstić information content (AvgIpc) is 3.28. The fourth-order valence-corrected chi connectivity index (χ4v) is 3.00. The summed E-state index contributed by atoms with van der Waals surface area (Å²) in [6.45, 7) is 0.285. The van der Waals surface area contributed by atoms with Gasteiger partial charge in [-0.15, -0.1) is 11.3 Å². The van der Waals surface area contributed by atoms with Crippen molar-refractivity contribution in [1.82, 2.24) is 5.32 Å². The van der Waals surface area contributed by atoms with Gasteiger partial charge >= 0.3 is 5.97 Å². The molecule has 150 valence electrons. The van der Waals surface area contributed by atoms with Gasteiger partial charge < -0.3 is 19.5 Å². The van der Waals surface area contributed by atoms with Crippen LogP contribution >= 0.6 is 11.3 Å². The van der Waals surface area contributed by atoms with Crippen molar-refractivity contribution in [1.29, 1.82) is 0 Å². The molecule has 6 nitrogen and oxygen atoms in total. The van der Waals surface area contributed by atoms with E-state index in [9.17, 15) is 9.59 Å². The Morgan fingerprint density at radius 3 is 2.24 bits per heavy atom. The Hall–Kier alpha value is -3.32. The number of nitrogens with one attached hydrogen (secondary N) is 1. The van der Waals surface area contributed by atoms with Crippen molar-refractivity contribution in [3.8, 4) is 11.5 Å². The molecule has 1 amide bonds. The summed E-state index contributed by atoms with van der Waals surface area (Å²) in [7, 11) is 0. The molecule has 3 rings (SSSR count). The van der Waals surface area contributed by atoms with Gasteiger partial charge in [0.1, 0.15) is 18.1 Å². The second-order valence-corrected chi connectivity index (χ2v) is 7.08. The molecule has 0 fully saturated rings. The number of esters is 1. The number of thiophene rings is 1. The minimum absolute atomic E-state index is 0.275. The Kier molecular flexibility index (Phi) is 7.65. The first-order valence-corrected chi connectivity index (χ1v) is 9.91. The van der Waals surface area contributed by atoms with Gasteiger partial charge in [-0.1, -0.05) is 36.4 Å². The molecular formula is C22H21NO5S. The first kappa shape index (κ1) is 20.4. The number of benzene rings is 2. The number of amides is 1. The fourth-order valence-electron chi connectivity index (χ4n) is 2.35. The van der Waals surface area contributed by atoms with Crippen LogP contribution in [0.25, 0.3) is 0 Å². The van der Waals surface area contributed by atoms with E-state index in [1.165, 1.54) is 0 Å². The third kappa shape index (κ3) is 7.31. The van der Waals surface area contributed by atoms with E-state index in [4.69, 9.17) is 14.2 Å². The second kappa shape index (κ2) is 10.9. The van der Waals surface area contributed by atoms with Gasteiger partial charge in [-0.25, -0.2) is 4.79 Å². The fraction of sp³-hybridized carbons (Fsp3) is 0.182. The summed E-state index contributed by atoms with van der Waals surface area (Å²) >= 11 is 1.55. The largest absolute Gasteiger partial charge is 0.489 e. The van der Waals surface area contributed by atoms with Crippen LogP contribution in [0.5, 0.6) is 11.5 Å². The van der Waals surface area contributed by atoms with Crippen LogP contribution in [0, 0.1) is 0 Å². The standard InChI is InChI=1S/C22H21NO5S/c24-21(23-13-20-7-4-12-29-20)15-28-22(25)16-27-19-10-8-18(9-11-19)26-14-17-5-2-1-3-6-17/h1-12H,13-16H2,(H,23,24). The van der Waals surface area contributed by atoms with Gasteiger partial charge in [-0.2, -0.15) is 0 Å². The number of rotatable bonds is 10. The van der Waals surface area contributed by atoms with Crippen LogP contribution in [0.4, 0.5) is 0 Å². The van der Waals surface area contributed by atoms with Crippen molar-refractivity contribution < 1.29 is 23.8 Å². The molecular weight excluding hydrogens is 390 g/mol. The number of ether oxygens (including phenoxy) is 3. The molecule has 0 aliphatic heterocycles. The number of carbonyl (C=O) groups is 2. The van der Waals surface area contributed by atoms with E-state index >= 15 is 0 Å². The molecule has 1 aromatic heterocycles. The van der Waals surface area contributed by atoms with Gasteiger partial charge in [-0.3, -0.25) is 4.79 Å². The molecule has 0 aliphatic rings. The maximum atomic E-state index is 11.7. The van der Waals surface area contributed by atoms with Crippen molar-refractivity contribution in [2.75, 3.05) is 13.2 Å². The zero-order valence-corrected chi connectivity index (χ0v) is 16.5. The molecule has 0 saturated carbocycles. The maximum absolute atomic E-state index is 11.7. The third-order valence-corrected chi connectivity index (χ3v) is 4.71. The van der Waals surface area contributed by atoms with Crippen LogP contribution in [0.1, 0.15) is 10.4 Å². The van der Waals surface area contributed by atoms with Gasteiger partial charge in [0, 0.05) is 4.88 Å². The van der Waals surface area contributed by atoms with E-state index in [1.807, 2.05) is 47.8 Å². The molecule has 3 aromatic rings. The molecule has 0 spiro atoms. The van der Waals surface area contributed by atoms with Crippen LogP contribution in [0.2, 0.25) is 0 Å². The highest BCUT2D eigenvalue weighted by Gasteiger charge is 2.09. The van der Waals surface area contributed by atoms with E-state index in [-0.39, 0.29) is 19.1 Å². The summed E-state index contributed by atoms with van der Waals surface area (Å²) in [5.74, 6) is 0.245. The maximum Gasteiger partial charge on any atom is 0.344 e. The van der Waals surface area contributed by atoms with Gasteiger partial charge in [0.2, 0.25) is 0 Å². The molecule has 29 heavy (non-hydrogen) atoms. The molecule has 0 radical (unpaired) electrons. The highest BCUT2D eigenvalue weighted by atomic mass is 32.1. The predicted octanol–water partition coefficient (Wildman–Crippen LogP) is 3.57. The summed E-state index contributed by atoms with van der Waals surface area (Å²) in [6.07, 6.45) is 0. The van der Waals surface area contributed by atoms with Gasteiger partial charge in [0.05, 0.1) is 6.54 Å². The van der Waals surface area contributed by atoms with Crippen LogP contribution < -0.4 is 14.8 Å². The zero-order chi connectivity index (χ0) is 20.3. The number of hydrogen-bond acceptors (Lipinski definition) is 6. The molecule has 2 aromatic carbocycles. The third-order valence-electron chi connectivity index (χ3n) is 3.83. The quantitative estimate of drug-likeness (QED) is 0.517. The highest BCUT2D eigenvalue weighted by Crippen LogP contribution is 2.18. The van der Waals surface area contributed by atoms with E-state index in [1.54, 1.807) is 35.6 Å². The predicted molar refractivity (Wildman–Crippen MR) is 110 cm³/mol. The molecule has 1 N–H and O–H groups in total. The van der Waals surface area contributed by atoms with Crippen molar-refractivity contribution in [3.63, 3.8) is 0 Å². The minimum Gasteiger partial charge on any atom is -0.489 e. The molecule has 1 heterocycles. The molecule has 7 heteroatoms. The van der Waals surface area contributed by atoms with Crippen molar-refractivity contribution >= 4 is 23.2 Å². The van der Waals surface area contributed by atoms with E-state index < -0.39 is 5.97 Å². The first-order valence-electron chi connectivity index (χ1n) is 9.03. The van der Waals surface area contributed by atoms with Gasteiger partial charge in [0.15, 0.2) is 13.2 Å². The van der Waals surface area contributed by atoms with Crippen LogP contribution in [0.3, 0.4) is 0 Å². The lowest BCUT2D eigenvalue weighted by Gasteiger charge is -2.09. The summed E-state index contributed by atoms with van der Waals surface area (Å²) < 4.78 is 16.0. The molecule has 0 atom stereocenters. The van der Waals surface area contributed by atoms with Crippen LogP contribution in [-0.4, -0.2) is 25.1 Å². The minimum atomic E-state index is -0.610. The summed E-state index contributed by atoms with van der Waals surface area (Å²) in [6, 6.07) is 20.6. The lowest BCUT2D eigenvalue weighted by Crippen LogP contribution is -2.29. The summed E-state index contributed by atoms with van der Waals surface area (Å²) in [5.41, 5.74) is 1.08. The second-order valence-electron chi connectivity index (χ2n) is 6.05. The zero-order valence-electron chi connectivity index (χ0n) is 15.7. The average molecular weight is 411 g/mol. The Bertz CT molecular complexity index is 895. The Labute approximate surface area is 173 Å². The molecule has 0 unspecified atom stereocenters. The van der Waals surface area contributed by atoms with Gasteiger partial charge in [-0.05, 0) is 41.3 Å². The Morgan fingerprint density at radius 2 is 1.55 bits per heavy atom. The van der Waals surface area contributed by atoms with E-state index in [0.717, 1.165) is 10.4 Å². The molecule has 0 saturated heterocycles. The monoisotopic (exact) mass is 411 g/mol. The summed E-state index contributed by atoms with van der Waals surface area (Å²) in [4.78, 5) is 24.4. The smallest absolute Gasteiger partial charge is 0.344 e. The van der Waals surface area contributed by atoms with E-state index in [0.29, 0.717) is 24.7 Å². The Balaban J connectivity index is 1.32. The topological polar surface area (TPSA) is 73.9 Å². The first-order chi connectivity index (χ1) is 14.2. The van der Waals surface area contributed by atoms with E-state index in [2.05, 4.69) is 5.32 Å². The summed E-state index contributed by atoms with van der Waals surface area (Å²) in [5, 5.41) is 4.62. The normalized spacial score (nSPS) is 10.2. The van der Waals surface area contributed by atoms with Crippen LogP contribution in [0.15, 0.2) is 72.1 Å². The van der Waals surface area contributed by atoms with Crippen LogP contribution in [-0.2, 0) is 27.5 Å². The molecule has 0 bridgehead atoms. The Morgan fingerprint density at radius 1 is 0.828 bits per heavy atom. The van der Waals surface area contributed by atoms with Crippen molar-refractivity contribution in [2.24, 2.45) is 0 Å². The van der Waals surface area contributed by atoms with Crippen molar-refractivity contribution in [3.05, 3.63) is 82.6 Å². The molecule has 0 aliphatic carbocycles. The lowest BCUT2D eigenvalue weighted by atomic mass is 10.2. The van der Waals surface area contributed by atoms with Crippen molar-refractivity contribution in [2.45, 2.75) is 13.2 Å².